The maximum Gasteiger partial charge on any atom is 0.224 e. The van der Waals surface area contributed by atoms with Crippen LogP contribution in [0.5, 0.6) is 11.8 Å². The largest absolute Gasteiger partial charge is 0.481 e. The van der Waals surface area contributed by atoms with Gasteiger partial charge >= 0.3 is 0 Å². The minimum atomic E-state index is -3.21. The summed E-state index contributed by atoms with van der Waals surface area (Å²) in [5.74, 6) is 0.817. The number of hydrogen-bond acceptors (Lipinski definition) is 7. The normalized spacial score (nSPS) is 11.7. The average Bonchev–Trinajstić information content (AvgIpc) is 2.43. The van der Waals surface area contributed by atoms with E-state index in [0.717, 1.165) is 0 Å². The van der Waals surface area contributed by atoms with E-state index in [0.29, 0.717) is 30.4 Å². The van der Waals surface area contributed by atoms with Gasteiger partial charge in [0.25, 0.3) is 0 Å². The molecular weight excluding hydrogens is 284 g/mol. The SMILES string of the molecule is COc1ncnc(OC)c1CNCCS(=O)(=O)N(C)C. The van der Waals surface area contributed by atoms with Crippen molar-refractivity contribution in [3.63, 3.8) is 0 Å². The van der Waals surface area contributed by atoms with Gasteiger partial charge in [0.2, 0.25) is 21.8 Å². The van der Waals surface area contributed by atoms with Gasteiger partial charge in [-0.05, 0) is 0 Å². The Morgan fingerprint density at radius 2 is 1.75 bits per heavy atom. The number of aromatic nitrogens is 2. The van der Waals surface area contributed by atoms with Crippen molar-refractivity contribution < 1.29 is 17.9 Å². The molecule has 0 aromatic carbocycles. The van der Waals surface area contributed by atoms with Crippen molar-refractivity contribution in [2.24, 2.45) is 0 Å². The van der Waals surface area contributed by atoms with Gasteiger partial charge < -0.3 is 14.8 Å². The van der Waals surface area contributed by atoms with Crippen molar-refractivity contribution >= 4 is 10.0 Å². The maximum atomic E-state index is 11.6. The molecule has 0 unspecified atom stereocenters. The summed E-state index contributed by atoms with van der Waals surface area (Å²) in [6.45, 7) is 0.665. The molecule has 0 atom stereocenters. The minimum absolute atomic E-state index is 0.0122. The number of rotatable bonds is 8. The van der Waals surface area contributed by atoms with Crippen LogP contribution in [0.15, 0.2) is 6.33 Å². The van der Waals surface area contributed by atoms with Crippen LogP contribution in [0.1, 0.15) is 5.56 Å². The molecule has 9 heteroatoms. The highest BCUT2D eigenvalue weighted by Crippen LogP contribution is 2.22. The molecule has 0 aliphatic carbocycles. The van der Waals surface area contributed by atoms with Crippen LogP contribution in [-0.4, -0.2) is 63.3 Å². The van der Waals surface area contributed by atoms with E-state index in [2.05, 4.69) is 15.3 Å². The van der Waals surface area contributed by atoms with Crippen molar-refractivity contribution in [3.05, 3.63) is 11.9 Å². The number of ether oxygens (including phenoxy) is 2. The van der Waals surface area contributed by atoms with E-state index < -0.39 is 10.0 Å². The van der Waals surface area contributed by atoms with Gasteiger partial charge in [0.1, 0.15) is 6.33 Å². The molecule has 0 amide bonds. The predicted molar refractivity (Wildman–Crippen MR) is 74.3 cm³/mol. The van der Waals surface area contributed by atoms with Gasteiger partial charge in [-0.1, -0.05) is 0 Å². The first kappa shape index (κ1) is 16.6. The fraction of sp³-hybridized carbons (Fsp3) is 0.636. The van der Waals surface area contributed by atoms with Crippen LogP contribution in [-0.2, 0) is 16.6 Å². The van der Waals surface area contributed by atoms with Gasteiger partial charge in [-0.15, -0.1) is 0 Å². The molecule has 20 heavy (non-hydrogen) atoms. The van der Waals surface area contributed by atoms with E-state index in [9.17, 15) is 8.42 Å². The van der Waals surface area contributed by atoms with Crippen LogP contribution < -0.4 is 14.8 Å². The molecule has 1 heterocycles. The molecule has 0 fully saturated rings. The van der Waals surface area contributed by atoms with E-state index in [1.807, 2.05) is 0 Å². The summed E-state index contributed by atoms with van der Waals surface area (Å²) in [6.07, 6.45) is 1.34. The molecule has 0 radical (unpaired) electrons. The van der Waals surface area contributed by atoms with Gasteiger partial charge in [-0.2, -0.15) is 0 Å². The molecular formula is C11H20N4O4S. The Balaban J connectivity index is 2.63. The van der Waals surface area contributed by atoms with Crippen molar-refractivity contribution in [2.75, 3.05) is 40.6 Å². The summed E-state index contributed by atoms with van der Waals surface area (Å²) in [5, 5.41) is 3.02. The first-order chi connectivity index (χ1) is 9.42. The van der Waals surface area contributed by atoms with Gasteiger partial charge in [0.05, 0.1) is 25.5 Å². The van der Waals surface area contributed by atoms with Crippen molar-refractivity contribution in [3.8, 4) is 11.8 Å². The highest BCUT2D eigenvalue weighted by atomic mass is 32.2. The average molecular weight is 304 g/mol. The summed E-state index contributed by atoms with van der Waals surface area (Å²) in [6, 6.07) is 0. The number of sulfonamides is 1. The van der Waals surface area contributed by atoms with E-state index in [-0.39, 0.29) is 5.75 Å². The van der Waals surface area contributed by atoms with Gasteiger partial charge in [0, 0.05) is 27.2 Å². The number of nitrogens with zero attached hydrogens (tertiary/aromatic N) is 3. The van der Waals surface area contributed by atoms with Crippen molar-refractivity contribution in [1.29, 1.82) is 0 Å². The quantitative estimate of drug-likeness (QED) is 0.645. The smallest absolute Gasteiger partial charge is 0.224 e. The Bertz CT molecular complexity index is 511. The Kier molecular flexibility index (Phi) is 6.11. The molecule has 0 spiro atoms. The molecule has 114 valence electrons. The number of methoxy groups -OCH3 is 2. The van der Waals surface area contributed by atoms with Crippen LogP contribution in [0.3, 0.4) is 0 Å². The molecule has 0 bridgehead atoms. The molecule has 1 rings (SSSR count). The standard InChI is InChI=1S/C11H20N4O4S/c1-15(2)20(16,17)6-5-12-7-9-10(18-3)13-8-14-11(9)19-4/h8,12H,5-7H2,1-4H3. The third-order valence-electron chi connectivity index (χ3n) is 2.65. The van der Waals surface area contributed by atoms with E-state index in [1.165, 1.54) is 38.9 Å². The van der Waals surface area contributed by atoms with Crippen LogP contribution in [0.2, 0.25) is 0 Å². The fourth-order valence-electron chi connectivity index (χ4n) is 1.48. The second kappa shape index (κ2) is 7.36. The van der Waals surface area contributed by atoms with E-state index >= 15 is 0 Å². The zero-order valence-electron chi connectivity index (χ0n) is 12.1. The lowest BCUT2D eigenvalue weighted by atomic mass is 10.3. The Labute approximate surface area is 119 Å². The monoisotopic (exact) mass is 304 g/mol. The fourth-order valence-corrected chi connectivity index (χ4v) is 2.25. The number of hydrogen-bond donors (Lipinski definition) is 1. The van der Waals surface area contributed by atoms with Crippen LogP contribution in [0.4, 0.5) is 0 Å². The van der Waals surface area contributed by atoms with Gasteiger partial charge in [0.15, 0.2) is 0 Å². The molecule has 1 aromatic rings. The first-order valence-corrected chi connectivity index (χ1v) is 7.56. The summed E-state index contributed by atoms with van der Waals surface area (Å²) < 4.78 is 34.6. The molecule has 1 aromatic heterocycles. The Morgan fingerprint density at radius 1 is 1.20 bits per heavy atom. The number of nitrogens with one attached hydrogen (secondary N) is 1. The maximum absolute atomic E-state index is 11.6. The van der Waals surface area contributed by atoms with Crippen molar-refractivity contribution in [2.45, 2.75) is 6.54 Å². The molecule has 0 saturated carbocycles. The van der Waals surface area contributed by atoms with Crippen LogP contribution >= 0.6 is 0 Å². The van der Waals surface area contributed by atoms with Gasteiger partial charge in [-0.3, -0.25) is 0 Å². The van der Waals surface area contributed by atoms with Gasteiger partial charge in [-0.25, -0.2) is 22.7 Å². The molecule has 0 aliphatic heterocycles. The topological polar surface area (TPSA) is 93.6 Å². The third kappa shape index (κ3) is 4.29. The third-order valence-corrected chi connectivity index (χ3v) is 4.48. The molecule has 8 nitrogen and oxygen atoms in total. The highest BCUT2D eigenvalue weighted by Gasteiger charge is 2.15. The minimum Gasteiger partial charge on any atom is -0.481 e. The summed E-state index contributed by atoms with van der Waals surface area (Å²) in [7, 11) is 2.81. The zero-order valence-corrected chi connectivity index (χ0v) is 12.9. The predicted octanol–water partition coefficient (Wildman–Crippen LogP) is -0.525. The Morgan fingerprint density at radius 3 is 2.20 bits per heavy atom. The first-order valence-electron chi connectivity index (χ1n) is 5.95. The van der Waals surface area contributed by atoms with Crippen LogP contribution in [0.25, 0.3) is 0 Å². The van der Waals surface area contributed by atoms with Crippen molar-refractivity contribution in [1.82, 2.24) is 19.6 Å². The summed E-state index contributed by atoms with van der Waals surface area (Å²) in [5.41, 5.74) is 0.653. The lowest BCUT2D eigenvalue weighted by molar-refractivity contribution is 0.359. The molecule has 0 saturated heterocycles. The van der Waals surface area contributed by atoms with Crippen LogP contribution in [0, 0.1) is 0 Å². The zero-order chi connectivity index (χ0) is 15.2. The molecule has 0 aliphatic rings. The lowest BCUT2D eigenvalue weighted by Gasteiger charge is -2.13. The molecule has 1 N–H and O–H groups in total. The Hall–Kier alpha value is -1.45. The van der Waals surface area contributed by atoms with E-state index in [1.54, 1.807) is 0 Å². The summed E-state index contributed by atoms with van der Waals surface area (Å²) >= 11 is 0. The second-order valence-corrected chi connectivity index (χ2v) is 6.45. The summed E-state index contributed by atoms with van der Waals surface area (Å²) in [4.78, 5) is 7.96. The highest BCUT2D eigenvalue weighted by molar-refractivity contribution is 7.89. The van der Waals surface area contributed by atoms with E-state index in [4.69, 9.17) is 9.47 Å². The lowest BCUT2D eigenvalue weighted by Crippen LogP contribution is -2.31. The second-order valence-electron chi connectivity index (χ2n) is 4.15.